The molecule has 2 heterocycles. The van der Waals surface area contributed by atoms with Crippen molar-refractivity contribution in [2.45, 2.75) is 77.8 Å². The van der Waals surface area contributed by atoms with Gasteiger partial charge in [0.05, 0.1) is 34.0 Å². The first kappa shape index (κ1) is 20.3. The SMILES string of the molecule is CC1(C)OB(c2ccc(F)c(B3OC(C)(C)C(C)(C)O3)c2C#N)OC1(C)C. The fourth-order valence-electron chi connectivity index (χ4n) is 3.09. The summed E-state index contributed by atoms with van der Waals surface area (Å²) in [5, 5.41) is 9.83. The molecule has 2 aliphatic rings. The van der Waals surface area contributed by atoms with Gasteiger partial charge in [-0.15, -0.1) is 0 Å². The standard InChI is InChI=1S/C19H26B2FNO4/c1-16(2)17(3,4)25-20(24-16)13-9-10-14(22)15(12(13)11-23)21-26-18(5,6)19(7,8)27-21/h9-10H,1-8H3. The predicted octanol–water partition coefficient (Wildman–Crippen LogP) is 2.30. The van der Waals surface area contributed by atoms with Gasteiger partial charge >= 0.3 is 14.2 Å². The van der Waals surface area contributed by atoms with E-state index in [0.717, 1.165) is 0 Å². The fourth-order valence-corrected chi connectivity index (χ4v) is 3.09. The summed E-state index contributed by atoms with van der Waals surface area (Å²) in [6.07, 6.45) is 0. The number of hydrogen-bond donors (Lipinski definition) is 0. The van der Waals surface area contributed by atoms with Gasteiger partial charge in [-0.1, -0.05) is 6.07 Å². The number of hydrogen-bond acceptors (Lipinski definition) is 5. The summed E-state index contributed by atoms with van der Waals surface area (Å²) < 4.78 is 38.8. The van der Waals surface area contributed by atoms with Crippen molar-refractivity contribution in [2.24, 2.45) is 0 Å². The molecule has 5 nitrogen and oxygen atoms in total. The van der Waals surface area contributed by atoms with E-state index < -0.39 is 42.5 Å². The van der Waals surface area contributed by atoms with Crippen molar-refractivity contribution in [1.29, 1.82) is 5.26 Å². The number of benzene rings is 1. The fraction of sp³-hybridized carbons (Fsp3) is 0.632. The maximum absolute atomic E-state index is 14.8. The molecule has 0 aromatic heterocycles. The van der Waals surface area contributed by atoms with Crippen molar-refractivity contribution in [3.8, 4) is 6.07 Å². The zero-order valence-electron chi connectivity index (χ0n) is 17.3. The molecule has 1 aromatic rings. The van der Waals surface area contributed by atoms with Crippen LogP contribution in [0.1, 0.15) is 61.0 Å². The first-order chi connectivity index (χ1) is 12.2. The molecule has 0 aliphatic carbocycles. The van der Waals surface area contributed by atoms with Gasteiger partial charge in [0, 0.05) is 10.9 Å². The van der Waals surface area contributed by atoms with Crippen LogP contribution in [-0.2, 0) is 18.6 Å². The maximum atomic E-state index is 14.8. The Morgan fingerprint density at radius 1 is 0.778 bits per heavy atom. The number of halogens is 1. The molecule has 2 aliphatic heterocycles. The van der Waals surface area contributed by atoms with Crippen LogP contribution in [0.3, 0.4) is 0 Å². The quantitative estimate of drug-likeness (QED) is 0.745. The van der Waals surface area contributed by atoms with Gasteiger partial charge in [0.1, 0.15) is 5.82 Å². The lowest BCUT2D eigenvalue weighted by molar-refractivity contribution is 0.00578. The first-order valence-corrected chi connectivity index (χ1v) is 9.16. The third-order valence-electron chi connectivity index (χ3n) is 6.33. The summed E-state index contributed by atoms with van der Waals surface area (Å²) in [5.41, 5.74) is -1.72. The Kier molecular flexibility index (Phi) is 4.56. The second kappa shape index (κ2) is 6.05. The van der Waals surface area contributed by atoms with Crippen molar-refractivity contribution in [1.82, 2.24) is 0 Å². The third-order valence-corrected chi connectivity index (χ3v) is 6.33. The van der Waals surface area contributed by atoms with Gasteiger partial charge < -0.3 is 18.6 Å². The van der Waals surface area contributed by atoms with Crippen LogP contribution >= 0.6 is 0 Å². The molecule has 27 heavy (non-hydrogen) atoms. The minimum absolute atomic E-state index is 0.0864. The molecule has 3 rings (SSSR count). The third kappa shape index (κ3) is 3.11. The molecule has 0 spiro atoms. The lowest BCUT2D eigenvalue weighted by atomic mass is 9.67. The van der Waals surface area contributed by atoms with Crippen LogP contribution in [0.2, 0.25) is 0 Å². The molecule has 1 aromatic carbocycles. The van der Waals surface area contributed by atoms with Crippen LogP contribution in [0.5, 0.6) is 0 Å². The summed E-state index contributed by atoms with van der Waals surface area (Å²) in [7, 11) is -1.75. The Hall–Kier alpha value is -1.39. The zero-order chi connectivity index (χ0) is 20.4. The van der Waals surface area contributed by atoms with Gasteiger partial charge in [-0.05, 0) is 61.5 Å². The van der Waals surface area contributed by atoms with Gasteiger partial charge in [-0.2, -0.15) is 5.26 Å². The van der Waals surface area contributed by atoms with Crippen molar-refractivity contribution in [3.05, 3.63) is 23.5 Å². The normalized spacial score (nSPS) is 24.9. The van der Waals surface area contributed by atoms with Crippen LogP contribution < -0.4 is 10.9 Å². The van der Waals surface area contributed by atoms with E-state index >= 15 is 0 Å². The van der Waals surface area contributed by atoms with E-state index in [0.29, 0.717) is 5.46 Å². The molecule has 8 heteroatoms. The molecule has 0 amide bonds. The molecule has 0 saturated carbocycles. The van der Waals surface area contributed by atoms with Crippen LogP contribution in [-0.4, -0.2) is 36.6 Å². The molecule has 2 saturated heterocycles. The summed E-state index contributed by atoms with van der Waals surface area (Å²) in [5.74, 6) is -0.551. The molecule has 0 unspecified atom stereocenters. The molecule has 0 bridgehead atoms. The monoisotopic (exact) mass is 373 g/mol. The van der Waals surface area contributed by atoms with Gasteiger partial charge in [0.15, 0.2) is 0 Å². The average Bonchev–Trinajstić information content (AvgIpc) is 2.86. The van der Waals surface area contributed by atoms with E-state index in [2.05, 4.69) is 6.07 Å². The highest BCUT2D eigenvalue weighted by Gasteiger charge is 2.55. The lowest BCUT2D eigenvalue weighted by Gasteiger charge is -2.32. The topological polar surface area (TPSA) is 60.7 Å². The van der Waals surface area contributed by atoms with Crippen LogP contribution in [0, 0.1) is 17.1 Å². The van der Waals surface area contributed by atoms with E-state index in [1.165, 1.54) is 12.1 Å². The van der Waals surface area contributed by atoms with Crippen LogP contribution in [0.25, 0.3) is 0 Å². The molecule has 144 valence electrons. The van der Waals surface area contributed by atoms with Gasteiger partial charge in [0.25, 0.3) is 0 Å². The lowest BCUT2D eigenvalue weighted by Crippen LogP contribution is -2.46. The van der Waals surface area contributed by atoms with E-state index in [1.54, 1.807) is 0 Å². The number of rotatable bonds is 2. The van der Waals surface area contributed by atoms with Crippen LogP contribution in [0.15, 0.2) is 12.1 Å². The van der Waals surface area contributed by atoms with Crippen molar-refractivity contribution < 1.29 is 23.0 Å². The molecule has 0 N–H and O–H groups in total. The molecule has 0 atom stereocenters. The zero-order valence-corrected chi connectivity index (χ0v) is 17.3. The Labute approximate surface area is 161 Å². The van der Waals surface area contributed by atoms with E-state index in [1.807, 2.05) is 55.4 Å². The van der Waals surface area contributed by atoms with Gasteiger partial charge in [-0.25, -0.2) is 4.39 Å². The average molecular weight is 373 g/mol. The molecular weight excluding hydrogens is 347 g/mol. The summed E-state index contributed by atoms with van der Waals surface area (Å²) in [6, 6.07) is 4.95. The first-order valence-electron chi connectivity index (χ1n) is 9.16. The number of nitriles is 1. The van der Waals surface area contributed by atoms with Gasteiger partial charge in [-0.3, -0.25) is 0 Å². The Balaban J connectivity index is 2.06. The van der Waals surface area contributed by atoms with Crippen molar-refractivity contribution in [2.75, 3.05) is 0 Å². The minimum Gasteiger partial charge on any atom is -0.399 e. The Morgan fingerprint density at radius 2 is 1.19 bits per heavy atom. The highest BCUT2D eigenvalue weighted by atomic mass is 19.1. The minimum atomic E-state index is -0.980. The molecule has 0 radical (unpaired) electrons. The van der Waals surface area contributed by atoms with Gasteiger partial charge in [0.2, 0.25) is 0 Å². The molecular formula is C19H26B2FNO4. The summed E-state index contributed by atoms with van der Waals surface area (Å²) in [6.45, 7) is 15.2. The molecule has 2 fully saturated rings. The van der Waals surface area contributed by atoms with Crippen LogP contribution in [0.4, 0.5) is 4.39 Å². The second-order valence-electron chi connectivity index (χ2n) is 9.21. The number of nitrogens with zero attached hydrogens (tertiary/aromatic N) is 1. The van der Waals surface area contributed by atoms with Crippen molar-refractivity contribution >= 4 is 25.2 Å². The highest BCUT2D eigenvalue weighted by molar-refractivity contribution is 6.67. The summed E-state index contributed by atoms with van der Waals surface area (Å²) >= 11 is 0. The van der Waals surface area contributed by atoms with Crippen molar-refractivity contribution in [3.63, 3.8) is 0 Å². The smallest absolute Gasteiger partial charge is 0.399 e. The van der Waals surface area contributed by atoms with E-state index in [-0.39, 0.29) is 11.0 Å². The Morgan fingerprint density at radius 3 is 1.59 bits per heavy atom. The predicted molar refractivity (Wildman–Crippen MR) is 103 cm³/mol. The Bertz CT molecular complexity index is 785. The maximum Gasteiger partial charge on any atom is 0.499 e. The van der Waals surface area contributed by atoms with E-state index in [9.17, 15) is 9.65 Å². The summed E-state index contributed by atoms with van der Waals surface area (Å²) in [4.78, 5) is 0. The van der Waals surface area contributed by atoms with E-state index in [4.69, 9.17) is 18.6 Å². The second-order valence-corrected chi connectivity index (χ2v) is 9.21. The largest absolute Gasteiger partial charge is 0.499 e. The highest BCUT2D eigenvalue weighted by Crippen LogP contribution is 2.38.